The van der Waals surface area contributed by atoms with Crippen molar-refractivity contribution in [3.05, 3.63) is 0 Å². The van der Waals surface area contributed by atoms with E-state index in [1.165, 1.54) is 0 Å². The number of amides is 1. The molecule has 106 valence electrons. The van der Waals surface area contributed by atoms with Crippen molar-refractivity contribution in [3.8, 4) is 0 Å². The van der Waals surface area contributed by atoms with Gasteiger partial charge in [-0.25, -0.2) is 0 Å². The van der Waals surface area contributed by atoms with Gasteiger partial charge in [-0.1, -0.05) is 6.92 Å². The Morgan fingerprint density at radius 1 is 1.33 bits per heavy atom. The third kappa shape index (κ3) is 9.30. The highest BCUT2D eigenvalue weighted by Gasteiger charge is 2.12. The number of hydrogen-bond donors (Lipinski definition) is 3. The summed E-state index contributed by atoms with van der Waals surface area (Å²) in [4.78, 5) is 21.9. The van der Waals surface area contributed by atoms with Crippen LogP contribution in [-0.2, 0) is 9.59 Å². The third-order valence-electron chi connectivity index (χ3n) is 2.76. The lowest BCUT2D eigenvalue weighted by atomic mass is 10.0. The van der Waals surface area contributed by atoms with Crippen LogP contribution in [0.25, 0.3) is 0 Å². The molecule has 0 fully saturated rings. The fourth-order valence-electron chi connectivity index (χ4n) is 1.46. The van der Waals surface area contributed by atoms with E-state index in [2.05, 4.69) is 5.32 Å². The maximum atomic E-state index is 11.6. The number of carboxylic acids is 1. The number of carbonyl (C=O) groups is 2. The van der Waals surface area contributed by atoms with E-state index in [4.69, 9.17) is 10.8 Å². The molecule has 18 heavy (non-hydrogen) atoms. The van der Waals surface area contributed by atoms with Gasteiger partial charge in [-0.3, -0.25) is 9.59 Å². The zero-order valence-electron chi connectivity index (χ0n) is 11.1. The Kier molecular flexibility index (Phi) is 9.77. The van der Waals surface area contributed by atoms with E-state index in [1.807, 2.05) is 13.2 Å². The highest BCUT2D eigenvalue weighted by atomic mass is 32.2. The Labute approximate surface area is 113 Å². The molecule has 1 unspecified atom stereocenters. The minimum Gasteiger partial charge on any atom is -0.481 e. The summed E-state index contributed by atoms with van der Waals surface area (Å²) in [6, 6.07) is -0.438. The summed E-state index contributed by atoms with van der Waals surface area (Å²) >= 11 is 1.67. The number of nitrogens with one attached hydrogen (secondary N) is 1. The minimum absolute atomic E-state index is 0.116. The third-order valence-corrected chi connectivity index (χ3v) is 3.40. The van der Waals surface area contributed by atoms with Gasteiger partial charge in [0.15, 0.2) is 0 Å². The van der Waals surface area contributed by atoms with Gasteiger partial charge in [0.1, 0.15) is 0 Å². The number of carbonyl (C=O) groups excluding carboxylic acids is 1. The standard InChI is InChI=1S/C12H24N2O3S/c1-9(3-4-11(15)16)5-7-14-12(17)10(13)6-8-18-2/h9-10H,3-8,13H2,1-2H3,(H,14,17)(H,15,16)/t9?,10-/m0/s1. The van der Waals surface area contributed by atoms with Gasteiger partial charge < -0.3 is 16.2 Å². The Morgan fingerprint density at radius 2 is 2.00 bits per heavy atom. The van der Waals surface area contributed by atoms with Crippen LogP contribution < -0.4 is 11.1 Å². The first kappa shape index (κ1) is 17.2. The smallest absolute Gasteiger partial charge is 0.303 e. The molecule has 0 heterocycles. The van der Waals surface area contributed by atoms with Crippen LogP contribution in [0, 0.1) is 5.92 Å². The number of carboxylic acid groups (broad SMARTS) is 1. The van der Waals surface area contributed by atoms with Crippen molar-refractivity contribution in [2.45, 2.75) is 38.6 Å². The molecule has 0 aromatic carbocycles. The topological polar surface area (TPSA) is 92.4 Å². The Balaban J connectivity index is 3.63. The molecule has 0 spiro atoms. The molecular weight excluding hydrogens is 252 g/mol. The summed E-state index contributed by atoms with van der Waals surface area (Å²) < 4.78 is 0. The van der Waals surface area contributed by atoms with Crippen molar-refractivity contribution in [3.63, 3.8) is 0 Å². The highest BCUT2D eigenvalue weighted by Crippen LogP contribution is 2.09. The predicted molar refractivity (Wildman–Crippen MR) is 74.6 cm³/mol. The summed E-state index contributed by atoms with van der Waals surface area (Å²) in [5.74, 6) is 0.284. The maximum absolute atomic E-state index is 11.6. The predicted octanol–water partition coefficient (Wildman–Crippen LogP) is 1.07. The van der Waals surface area contributed by atoms with Crippen molar-refractivity contribution >= 4 is 23.6 Å². The monoisotopic (exact) mass is 276 g/mol. The molecule has 0 radical (unpaired) electrons. The quantitative estimate of drug-likeness (QED) is 0.555. The number of aliphatic carboxylic acids is 1. The zero-order valence-corrected chi connectivity index (χ0v) is 12.0. The largest absolute Gasteiger partial charge is 0.481 e. The summed E-state index contributed by atoms with van der Waals surface area (Å²) in [5, 5.41) is 11.3. The van der Waals surface area contributed by atoms with Gasteiger partial charge in [-0.15, -0.1) is 0 Å². The second-order valence-corrected chi connectivity index (χ2v) is 5.49. The molecule has 0 saturated carbocycles. The maximum Gasteiger partial charge on any atom is 0.303 e. The van der Waals surface area contributed by atoms with Crippen LogP contribution in [0.3, 0.4) is 0 Å². The Morgan fingerprint density at radius 3 is 2.56 bits per heavy atom. The van der Waals surface area contributed by atoms with Gasteiger partial charge in [-0.2, -0.15) is 11.8 Å². The molecule has 0 aliphatic rings. The van der Waals surface area contributed by atoms with Gasteiger partial charge in [0.25, 0.3) is 0 Å². The van der Waals surface area contributed by atoms with Crippen LogP contribution in [0.1, 0.15) is 32.6 Å². The fraction of sp³-hybridized carbons (Fsp3) is 0.833. The second kappa shape index (κ2) is 10.2. The zero-order chi connectivity index (χ0) is 14.0. The van der Waals surface area contributed by atoms with E-state index in [1.54, 1.807) is 11.8 Å². The van der Waals surface area contributed by atoms with Crippen LogP contribution in [0.15, 0.2) is 0 Å². The molecule has 6 heteroatoms. The molecular formula is C12H24N2O3S. The minimum atomic E-state index is -0.773. The first-order valence-electron chi connectivity index (χ1n) is 6.21. The number of thioether (sulfide) groups is 1. The summed E-state index contributed by atoms with van der Waals surface area (Å²) in [6.45, 7) is 2.55. The molecule has 0 bridgehead atoms. The molecule has 4 N–H and O–H groups in total. The lowest BCUT2D eigenvalue weighted by molar-refractivity contribution is -0.137. The van der Waals surface area contributed by atoms with E-state index in [0.717, 1.165) is 12.2 Å². The first-order valence-corrected chi connectivity index (χ1v) is 7.60. The van der Waals surface area contributed by atoms with Crippen molar-refractivity contribution in [1.82, 2.24) is 5.32 Å². The van der Waals surface area contributed by atoms with Gasteiger partial charge in [0.05, 0.1) is 6.04 Å². The summed E-state index contributed by atoms with van der Waals surface area (Å²) in [7, 11) is 0. The molecule has 0 aliphatic heterocycles. The van der Waals surface area contributed by atoms with Crippen molar-refractivity contribution in [2.75, 3.05) is 18.6 Å². The van der Waals surface area contributed by atoms with E-state index in [9.17, 15) is 9.59 Å². The van der Waals surface area contributed by atoms with Gasteiger partial charge >= 0.3 is 5.97 Å². The molecule has 2 atom stereocenters. The number of hydrogen-bond acceptors (Lipinski definition) is 4. The summed E-state index contributed by atoms with van der Waals surface area (Å²) in [5.41, 5.74) is 5.72. The van der Waals surface area contributed by atoms with Gasteiger partial charge in [0, 0.05) is 13.0 Å². The van der Waals surface area contributed by atoms with Crippen LogP contribution in [0.5, 0.6) is 0 Å². The van der Waals surface area contributed by atoms with Gasteiger partial charge in [-0.05, 0) is 37.2 Å². The Bertz CT molecular complexity index is 262. The number of rotatable bonds is 10. The molecule has 0 aromatic heterocycles. The molecule has 0 aromatic rings. The van der Waals surface area contributed by atoms with Gasteiger partial charge in [0.2, 0.25) is 5.91 Å². The van der Waals surface area contributed by atoms with Crippen LogP contribution in [-0.4, -0.2) is 41.6 Å². The molecule has 5 nitrogen and oxygen atoms in total. The highest BCUT2D eigenvalue weighted by molar-refractivity contribution is 7.98. The summed E-state index contributed by atoms with van der Waals surface area (Å²) in [6.07, 6.45) is 4.27. The normalized spacial score (nSPS) is 13.9. The molecule has 1 amide bonds. The average molecular weight is 276 g/mol. The number of nitrogens with two attached hydrogens (primary N) is 1. The Hall–Kier alpha value is -0.750. The van der Waals surface area contributed by atoms with Crippen LogP contribution in [0.2, 0.25) is 0 Å². The van der Waals surface area contributed by atoms with Crippen molar-refractivity contribution in [1.29, 1.82) is 0 Å². The molecule has 0 aliphatic carbocycles. The fourth-order valence-corrected chi connectivity index (χ4v) is 1.95. The van der Waals surface area contributed by atoms with E-state index in [-0.39, 0.29) is 12.3 Å². The van der Waals surface area contributed by atoms with Crippen molar-refractivity contribution in [2.24, 2.45) is 11.7 Å². The van der Waals surface area contributed by atoms with Crippen LogP contribution in [0.4, 0.5) is 0 Å². The van der Waals surface area contributed by atoms with Crippen molar-refractivity contribution < 1.29 is 14.7 Å². The van der Waals surface area contributed by atoms with E-state index >= 15 is 0 Å². The average Bonchev–Trinajstić information content (AvgIpc) is 2.33. The van der Waals surface area contributed by atoms with Crippen LogP contribution >= 0.6 is 11.8 Å². The lowest BCUT2D eigenvalue weighted by Crippen LogP contribution is -2.41. The van der Waals surface area contributed by atoms with E-state index in [0.29, 0.717) is 25.3 Å². The molecule has 0 rings (SSSR count). The molecule has 0 saturated heterocycles. The van der Waals surface area contributed by atoms with E-state index < -0.39 is 12.0 Å². The first-order chi connectivity index (χ1) is 8.47. The SMILES string of the molecule is CSCC[C@H](N)C(=O)NCCC(C)CCC(=O)O. The second-order valence-electron chi connectivity index (χ2n) is 4.51. The lowest BCUT2D eigenvalue weighted by Gasteiger charge is -2.14.